The van der Waals surface area contributed by atoms with E-state index in [0.717, 1.165) is 22.3 Å². The van der Waals surface area contributed by atoms with E-state index in [0.29, 0.717) is 25.2 Å². The third-order valence-electron chi connectivity index (χ3n) is 4.29. The van der Waals surface area contributed by atoms with Crippen LogP contribution in [0.5, 0.6) is 5.75 Å². The molecule has 1 N–H and O–H groups in total. The number of hydrogen-bond donors (Lipinski definition) is 1. The van der Waals surface area contributed by atoms with Crippen molar-refractivity contribution >= 4 is 12.1 Å². The van der Waals surface area contributed by atoms with Gasteiger partial charge in [0.05, 0.1) is 13.7 Å². The summed E-state index contributed by atoms with van der Waals surface area (Å²) in [6.45, 7) is 7.95. The lowest BCUT2D eigenvalue weighted by Crippen LogP contribution is -2.32. The van der Waals surface area contributed by atoms with Crippen molar-refractivity contribution in [2.75, 3.05) is 13.7 Å². The Kier molecular flexibility index (Phi) is 8.27. The largest absolute Gasteiger partial charge is 0.496 e. The summed E-state index contributed by atoms with van der Waals surface area (Å²) in [6, 6.07) is 13.9. The Morgan fingerprint density at radius 3 is 2.43 bits per heavy atom. The lowest BCUT2D eigenvalue weighted by atomic mass is 9.99. The molecule has 0 spiro atoms. The minimum absolute atomic E-state index is 0.192. The molecule has 0 atom stereocenters. The van der Waals surface area contributed by atoms with Crippen molar-refractivity contribution in [1.29, 1.82) is 0 Å². The Morgan fingerprint density at radius 2 is 1.77 bits per heavy atom. The summed E-state index contributed by atoms with van der Waals surface area (Å²) in [6.07, 6.45) is 0.497. The molecule has 0 aromatic heterocycles. The van der Waals surface area contributed by atoms with Crippen LogP contribution in [0.1, 0.15) is 45.2 Å². The third kappa shape index (κ3) is 7.43. The Labute approximate surface area is 178 Å². The van der Waals surface area contributed by atoms with Crippen LogP contribution in [0.25, 0.3) is 11.1 Å². The zero-order valence-corrected chi connectivity index (χ0v) is 18.4. The van der Waals surface area contributed by atoms with Crippen molar-refractivity contribution < 1.29 is 23.8 Å². The molecular formula is C24H31NO5. The molecule has 0 saturated carbocycles. The maximum absolute atomic E-state index is 12.0. The number of alkyl carbamates (subject to hydrolysis) is 1. The SMILES string of the molecule is CCOC(=O)CCc1cccc(-c2ccc(OC)c(CNC(=O)OC(C)(C)C)c2)c1. The number of hydrogen-bond acceptors (Lipinski definition) is 5. The molecule has 0 fully saturated rings. The Morgan fingerprint density at radius 1 is 1.03 bits per heavy atom. The van der Waals surface area contributed by atoms with E-state index in [9.17, 15) is 9.59 Å². The zero-order chi connectivity index (χ0) is 22.1. The van der Waals surface area contributed by atoms with Gasteiger partial charge in [0.15, 0.2) is 0 Å². The number of rotatable bonds is 8. The summed E-state index contributed by atoms with van der Waals surface area (Å²) >= 11 is 0. The average molecular weight is 414 g/mol. The van der Waals surface area contributed by atoms with E-state index in [1.54, 1.807) is 14.0 Å². The van der Waals surface area contributed by atoms with Gasteiger partial charge in [-0.15, -0.1) is 0 Å². The average Bonchev–Trinajstić information content (AvgIpc) is 2.69. The molecule has 0 aliphatic heterocycles. The molecule has 1 amide bonds. The molecule has 0 aliphatic carbocycles. The highest BCUT2D eigenvalue weighted by Gasteiger charge is 2.16. The van der Waals surface area contributed by atoms with Crippen LogP contribution in [0.2, 0.25) is 0 Å². The van der Waals surface area contributed by atoms with Crippen molar-refractivity contribution in [2.24, 2.45) is 0 Å². The lowest BCUT2D eigenvalue weighted by molar-refractivity contribution is -0.143. The van der Waals surface area contributed by atoms with Crippen LogP contribution in [0.4, 0.5) is 4.79 Å². The molecule has 0 saturated heterocycles. The summed E-state index contributed by atoms with van der Waals surface area (Å²) in [4.78, 5) is 23.6. The minimum Gasteiger partial charge on any atom is -0.496 e. The monoisotopic (exact) mass is 413 g/mol. The summed E-state index contributed by atoms with van der Waals surface area (Å²) < 4.78 is 15.7. The van der Waals surface area contributed by atoms with Gasteiger partial charge in [0, 0.05) is 18.5 Å². The zero-order valence-electron chi connectivity index (χ0n) is 18.4. The summed E-state index contributed by atoms with van der Waals surface area (Å²) in [5.41, 5.74) is 3.37. The maximum atomic E-state index is 12.0. The summed E-state index contributed by atoms with van der Waals surface area (Å²) in [5.74, 6) is 0.496. The van der Waals surface area contributed by atoms with Crippen LogP contribution in [-0.2, 0) is 27.2 Å². The van der Waals surface area contributed by atoms with E-state index >= 15 is 0 Å². The normalized spacial score (nSPS) is 11.0. The van der Waals surface area contributed by atoms with Gasteiger partial charge in [0.25, 0.3) is 0 Å². The molecule has 0 heterocycles. The van der Waals surface area contributed by atoms with Crippen LogP contribution in [-0.4, -0.2) is 31.4 Å². The van der Waals surface area contributed by atoms with E-state index in [1.807, 2.05) is 57.2 Å². The third-order valence-corrected chi connectivity index (χ3v) is 4.29. The second kappa shape index (κ2) is 10.7. The molecule has 6 nitrogen and oxygen atoms in total. The number of methoxy groups -OCH3 is 1. The number of carbonyl (C=O) groups excluding carboxylic acids is 2. The van der Waals surface area contributed by atoms with Crippen molar-refractivity contribution in [3.05, 3.63) is 53.6 Å². The molecule has 0 unspecified atom stereocenters. The van der Waals surface area contributed by atoms with E-state index in [2.05, 4.69) is 11.4 Å². The Bertz CT molecular complexity index is 870. The van der Waals surface area contributed by atoms with E-state index in [1.165, 1.54) is 0 Å². The van der Waals surface area contributed by atoms with Crippen LogP contribution in [0.15, 0.2) is 42.5 Å². The highest BCUT2D eigenvalue weighted by molar-refractivity contribution is 5.71. The number of aryl methyl sites for hydroxylation is 1. The van der Waals surface area contributed by atoms with Gasteiger partial charge in [0.2, 0.25) is 0 Å². The molecule has 0 bridgehead atoms. The van der Waals surface area contributed by atoms with Gasteiger partial charge >= 0.3 is 12.1 Å². The van der Waals surface area contributed by atoms with Crippen molar-refractivity contribution in [1.82, 2.24) is 5.32 Å². The number of nitrogens with one attached hydrogen (secondary N) is 1. The molecule has 2 aromatic carbocycles. The molecule has 2 rings (SSSR count). The molecule has 0 aliphatic rings. The topological polar surface area (TPSA) is 73.9 Å². The van der Waals surface area contributed by atoms with Gasteiger partial charge in [-0.3, -0.25) is 4.79 Å². The second-order valence-corrected chi connectivity index (χ2v) is 7.89. The fourth-order valence-electron chi connectivity index (χ4n) is 2.96. The van der Waals surface area contributed by atoms with E-state index in [-0.39, 0.29) is 12.5 Å². The standard InChI is InChI=1S/C24H31NO5/c1-6-29-22(26)13-10-17-8-7-9-18(14-17)19-11-12-21(28-5)20(15-19)16-25-23(27)30-24(2,3)4/h7-9,11-12,14-15H,6,10,13,16H2,1-5H3,(H,25,27). The highest BCUT2D eigenvalue weighted by Crippen LogP contribution is 2.27. The minimum atomic E-state index is -0.556. The van der Waals surface area contributed by atoms with Crippen molar-refractivity contribution in [3.8, 4) is 16.9 Å². The molecule has 30 heavy (non-hydrogen) atoms. The van der Waals surface area contributed by atoms with Crippen LogP contribution >= 0.6 is 0 Å². The molecule has 6 heteroatoms. The number of carbonyl (C=O) groups is 2. The molecule has 2 aromatic rings. The van der Waals surface area contributed by atoms with Gasteiger partial charge in [-0.25, -0.2) is 4.79 Å². The Balaban J connectivity index is 2.14. The van der Waals surface area contributed by atoms with Crippen LogP contribution < -0.4 is 10.1 Å². The predicted molar refractivity (Wildman–Crippen MR) is 116 cm³/mol. The van der Waals surface area contributed by atoms with Gasteiger partial charge in [-0.05, 0) is 62.9 Å². The van der Waals surface area contributed by atoms with Gasteiger partial charge in [-0.1, -0.05) is 30.3 Å². The van der Waals surface area contributed by atoms with E-state index in [4.69, 9.17) is 14.2 Å². The fourth-order valence-corrected chi connectivity index (χ4v) is 2.96. The van der Waals surface area contributed by atoms with E-state index < -0.39 is 11.7 Å². The van der Waals surface area contributed by atoms with Gasteiger partial charge in [0.1, 0.15) is 11.4 Å². The summed E-state index contributed by atoms with van der Waals surface area (Å²) in [5, 5.41) is 2.77. The fraction of sp³-hybridized carbons (Fsp3) is 0.417. The van der Waals surface area contributed by atoms with Crippen molar-refractivity contribution in [3.63, 3.8) is 0 Å². The smallest absolute Gasteiger partial charge is 0.407 e. The molecular weight excluding hydrogens is 382 g/mol. The number of benzene rings is 2. The van der Waals surface area contributed by atoms with Crippen LogP contribution in [0.3, 0.4) is 0 Å². The predicted octanol–water partition coefficient (Wildman–Crippen LogP) is 4.88. The second-order valence-electron chi connectivity index (χ2n) is 7.89. The van der Waals surface area contributed by atoms with Crippen molar-refractivity contribution in [2.45, 2.75) is 52.7 Å². The first kappa shape index (κ1) is 23.3. The first-order valence-corrected chi connectivity index (χ1v) is 10.1. The first-order valence-electron chi connectivity index (χ1n) is 10.1. The maximum Gasteiger partial charge on any atom is 0.407 e. The van der Waals surface area contributed by atoms with Gasteiger partial charge < -0.3 is 19.5 Å². The number of amides is 1. The molecule has 162 valence electrons. The highest BCUT2D eigenvalue weighted by atomic mass is 16.6. The molecule has 0 radical (unpaired) electrons. The van der Waals surface area contributed by atoms with Gasteiger partial charge in [-0.2, -0.15) is 0 Å². The van der Waals surface area contributed by atoms with Crippen LogP contribution in [0, 0.1) is 0 Å². The number of ether oxygens (including phenoxy) is 3. The lowest BCUT2D eigenvalue weighted by Gasteiger charge is -2.20. The first-order chi connectivity index (χ1) is 14.2. The number of esters is 1. The quantitative estimate of drug-likeness (QED) is 0.624. The Hall–Kier alpha value is -3.02. The summed E-state index contributed by atoms with van der Waals surface area (Å²) in [7, 11) is 1.60.